The van der Waals surface area contributed by atoms with Crippen molar-refractivity contribution in [1.82, 2.24) is 20.5 Å². The number of thiazole rings is 1. The summed E-state index contributed by atoms with van der Waals surface area (Å²) in [7, 11) is 0. The van der Waals surface area contributed by atoms with Gasteiger partial charge >= 0.3 is 0 Å². The topological polar surface area (TPSA) is 96.7 Å². The van der Waals surface area contributed by atoms with Gasteiger partial charge in [-0.3, -0.25) is 9.89 Å². The summed E-state index contributed by atoms with van der Waals surface area (Å²) in [5.41, 5.74) is 8.52. The van der Waals surface area contributed by atoms with Crippen LogP contribution in [0.15, 0.2) is 6.20 Å². The van der Waals surface area contributed by atoms with E-state index in [9.17, 15) is 4.79 Å². The van der Waals surface area contributed by atoms with Crippen molar-refractivity contribution in [2.45, 2.75) is 26.7 Å². The van der Waals surface area contributed by atoms with Crippen LogP contribution in [0.2, 0.25) is 0 Å². The highest BCUT2D eigenvalue weighted by molar-refractivity contribution is 7.17. The van der Waals surface area contributed by atoms with Gasteiger partial charge in [-0.25, -0.2) is 4.98 Å². The largest absolute Gasteiger partial charge is 0.375 e. The molecule has 1 amide bonds. The van der Waals surface area contributed by atoms with Gasteiger partial charge in [0.25, 0.3) is 5.91 Å². The number of nitrogens with one attached hydrogen (secondary N) is 2. The van der Waals surface area contributed by atoms with Crippen molar-refractivity contribution in [1.29, 1.82) is 0 Å². The molecule has 0 aliphatic rings. The molecular formula is C12H17N5OS. The molecule has 0 fully saturated rings. The van der Waals surface area contributed by atoms with E-state index in [1.807, 2.05) is 13.1 Å². The highest BCUT2D eigenvalue weighted by Crippen LogP contribution is 2.19. The first-order chi connectivity index (χ1) is 9.08. The summed E-state index contributed by atoms with van der Waals surface area (Å²) in [6, 6.07) is 0. The van der Waals surface area contributed by atoms with Gasteiger partial charge in [0.15, 0.2) is 5.13 Å². The van der Waals surface area contributed by atoms with Gasteiger partial charge in [-0.15, -0.1) is 0 Å². The third kappa shape index (κ3) is 3.31. The molecule has 0 radical (unpaired) electrons. The van der Waals surface area contributed by atoms with Crippen molar-refractivity contribution < 1.29 is 4.79 Å². The number of anilines is 1. The third-order valence-electron chi connectivity index (χ3n) is 2.86. The fourth-order valence-corrected chi connectivity index (χ4v) is 2.57. The number of carbonyl (C=O) groups is 1. The second-order valence-electron chi connectivity index (χ2n) is 4.35. The quantitative estimate of drug-likeness (QED) is 0.721. The Morgan fingerprint density at radius 2 is 2.32 bits per heavy atom. The van der Waals surface area contributed by atoms with Crippen molar-refractivity contribution >= 4 is 22.4 Å². The highest BCUT2D eigenvalue weighted by atomic mass is 32.1. The Kier molecular flexibility index (Phi) is 4.16. The minimum atomic E-state index is -0.101. The van der Waals surface area contributed by atoms with E-state index in [2.05, 4.69) is 20.5 Å². The number of H-pyrrole nitrogens is 1. The molecule has 0 unspecified atom stereocenters. The number of rotatable bonds is 5. The Labute approximate surface area is 115 Å². The van der Waals surface area contributed by atoms with E-state index < -0.39 is 0 Å². The maximum Gasteiger partial charge on any atom is 0.263 e. The fourth-order valence-electron chi connectivity index (χ4n) is 1.82. The maximum absolute atomic E-state index is 11.9. The number of carbonyl (C=O) groups excluding carboxylic acids is 1. The number of hydrogen-bond donors (Lipinski definition) is 3. The average molecular weight is 279 g/mol. The van der Waals surface area contributed by atoms with E-state index in [1.165, 1.54) is 16.9 Å². The van der Waals surface area contributed by atoms with Gasteiger partial charge in [0.1, 0.15) is 4.88 Å². The Balaban J connectivity index is 1.78. The standard InChI is InChI=1S/C12H17N5OS/c1-7-9(6-15-17-7)4-3-5-14-11(18)10-8(2)16-12(13)19-10/h6H,3-5H2,1-2H3,(H2,13,16)(H,14,18)(H,15,17). The van der Waals surface area contributed by atoms with Gasteiger partial charge < -0.3 is 11.1 Å². The molecule has 0 aliphatic heterocycles. The van der Waals surface area contributed by atoms with Crippen LogP contribution in [0.25, 0.3) is 0 Å². The van der Waals surface area contributed by atoms with Crippen molar-refractivity contribution in [3.63, 3.8) is 0 Å². The summed E-state index contributed by atoms with van der Waals surface area (Å²) in [5.74, 6) is -0.101. The number of hydrogen-bond acceptors (Lipinski definition) is 5. The molecule has 0 saturated carbocycles. The number of nitrogens with two attached hydrogens (primary N) is 1. The molecular weight excluding hydrogens is 262 g/mol. The van der Waals surface area contributed by atoms with Gasteiger partial charge in [0.05, 0.1) is 11.9 Å². The predicted molar refractivity (Wildman–Crippen MR) is 75.2 cm³/mol. The lowest BCUT2D eigenvalue weighted by Gasteiger charge is -2.03. The molecule has 19 heavy (non-hydrogen) atoms. The molecule has 102 valence electrons. The van der Waals surface area contributed by atoms with Crippen molar-refractivity contribution in [3.05, 3.63) is 28.0 Å². The number of amides is 1. The number of nitrogen functional groups attached to an aromatic ring is 1. The maximum atomic E-state index is 11.9. The van der Waals surface area contributed by atoms with Gasteiger partial charge in [0.2, 0.25) is 0 Å². The van der Waals surface area contributed by atoms with Crippen LogP contribution < -0.4 is 11.1 Å². The molecule has 2 rings (SSSR count). The highest BCUT2D eigenvalue weighted by Gasteiger charge is 2.13. The Hall–Kier alpha value is -1.89. The smallest absolute Gasteiger partial charge is 0.263 e. The van der Waals surface area contributed by atoms with Gasteiger partial charge in [-0.05, 0) is 32.3 Å². The zero-order chi connectivity index (χ0) is 13.8. The summed E-state index contributed by atoms with van der Waals surface area (Å²) < 4.78 is 0. The number of aromatic amines is 1. The molecule has 0 bridgehead atoms. The van der Waals surface area contributed by atoms with Gasteiger partial charge in [-0.2, -0.15) is 5.10 Å². The second-order valence-corrected chi connectivity index (χ2v) is 5.38. The lowest BCUT2D eigenvalue weighted by atomic mass is 10.1. The normalized spacial score (nSPS) is 10.6. The Morgan fingerprint density at radius 3 is 2.89 bits per heavy atom. The third-order valence-corrected chi connectivity index (χ3v) is 3.85. The number of nitrogens with zero attached hydrogens (tertiary/aromatic N) is 2. The van der Waals surface area contributed by atoms with E-state index >= 15 is 0 Å². The minimum absolute atomic E-state index is 0.101. The summed E-state index contributed by atoms with van der Waals surface area (Å²) in [4.78, 5) is 16.5. The Morgan fingerprint density at radius 1 is 1.53 bits per heavy atom. The molecule has 2 heterocycles. The van der Waals surface area contributed by atoms with Crippen LogP contribution in [-0.4, -0.2) is 27.6 Å². The van der Waals surface area contributed by atoms with Crippen molar-refractivity contribution in [3.8, 4) is 0 Å². The Bertz CT molecular complexity index is 574. The van der Waals surface area contributed by atoms with Crippen LogP contribution in [0.1, 0.15) is 33.0 Å². The molecule has 0 aliphatic carbocycles. The van der Waals surface area contributed by atoms with E-state index in [1.54, 1.807) is 6.92 Å². The van der Waals surface area contributed by atoms with Crippen LogP contribution in [0, 0.1) is 13.8 Å². The SMILES string of the molecule is Cc1nc(N)sc1C(=O)NCCCc1cn[nH]c1C. The fraction of sp³-hybridized carbons (Fsp3) is 0.417. The van der Waals surface area contributed by atoms with E-state index in [0.717, 1.165) is 18.5 Å². The minimum Gasteiger partial charge on any atom is -0.375 e. The molecule has 2 aromatic heterocycles. The van der Waals surface area contributed by atoms with Crippen LogP contribution in [-0.2, 0) is 6.42 Å². The predicted octanol–water partition coefficient (Wildman–Crippen LogP) is 1.43. The van der Waals surface area contributed by atoms with Crippen LogP contribution in [0.3, 0.4) is 0 Å². The molecule has 7 heteroatoms. The zero-order valence-electron chi connectivity index (χ0n) is 11.0. The first-order valence-electron chi connectivity index (χ1n) is 6.08. The van der Waals surface area contributed by atoms with Crippen molar-refractivity contribution in [2.75, 3.05) is 12.3 Å². The van der Waals surface area contributed by atoms with Gasteiger partial charge in [-0.1, -0.05) is 11.3 Å². The van der Waals surface area contributed by atoms with Crippen LogP contribution >= 0.6 is 11.3 Å². The second kappa shape index (κ2) is 5.83. The summed E-state index contributed by atoms with van der Waals surface area (Å²) >= 11 is 1.22. The molecule has 4 N–H and O–H groups in total. The van der Waals surface area contributed by atoms with E-state index in [0.29, 0.717) is 22.2 Å². The lowest BCUT2D eigenvalue weighted by molar-refractivity contribution is 0.0956. The molecule has 0 atom stereocenters. The van der Waals surface area contributed by atoms with Gasteiger partial charge in [0, 0.05) is 12.2 Å². The summed E-state index contributed by atoms with van der Waals surface area (Å²) in [6.07, 6.45) is 3.59. The first kappa shape index (κ1) is 13.5. The van der Waals surface area contributed by atoms with Crippen LogP contribution in [0.4, 0.5) is 5.13 Å². The summed E-state index contributed by atoms with van der Waals surface area (Å²) in [6.45, 7) is 4.40. The van der Waals surface area contributed by atoms with E-state index in [-0.39, 0.29) is 5.91 Å². The number of aryl methyl sites for hydroxylation is 3. The number of aromatic nitrogens is 3. The molecule has 0 saturated heterocycles. The molecule has 2 aromatic rings. The summed E-state index contributed by atoms with van der Waals surface area (Å²) in [5, 5.41) is 10.2. The van der Waals surface area contributed by atoms with Crippen molar-refractivity contribution in [2.24, 2.45) is 0 Å². The molecule has 0 aromatic carbocycles. The monoisotopic (exact) mass is 279 g/mol. The van der Waals surface area contributed by atoms with Crippen LogP contribution in [0.5, 0.6) is 0 Å². The molecule has 6 nitrogen and oxygen atoms in total. The zero-order valence-corrected chi connectivity index (χ0v) is 11.8. The lowest BCUT2D eigenvalue weighted by Crippen LogP contribution is -2.24. The first-order valence-corrected chi connectivity index (χ1v) is 6.89. The van der Waals surface area contributed by atoms with E-state index in [4.69, 9.17) is 5.73 Å². The molecule has 0 spiro atoms. The average Bonchev–Trinajstić information content (AvgIpc) is 2.91.